The van der Waals surface area contributed by atoms with Crippen LogP contribution in [0.2, 0.25) is 0 Å². The first-order valence-electron chi connectivity index (χ1n) is 11.3. The lowest BCUT2D eigenvalue weighted by atomic mass is 10.1. The van der Waals surface area contributed by atoms with Gasteiger partial charge in [0.05, 0.1) is 19.8 Å². The molecule has 1 fully saturated rings. The van der Waals surface area contributed by atoms with Gasteiger partial charge in [0.1, 0.15) is 23.4 Å². The molecule has 172 valence electrons. The van der Waals surface area contributed by atoms with E-state index in [4.69, 9.17) is 14.2 Å². The molecule has 0 bridgehead atoms. The maximum absolute atomic E-state index is 5.94. The van der Waals surface area contributed by atoms with Gasteiger partial charge in [-0.05, 0) is 32.0 Å². The number of hydrogen-bond donors (Lipinski definition) is 2. The van der Waals surface area contributed by atoms with E-state index in [0.29, 0.717) is 19.7 Å². The van der Waals surface area contributed by atoms with Crippen LogP contribution in [0.3, 0.4) is 0 Å². The van der Waals surface area contributed by atoms with Crippen molar-refractivity contribution in [2.45, 2.75) is 39.5 Å². The molecule has 2 aromatic rings. The van der Waals surface area contributed by atoms with Crippen molar-refractivity contribution in [1.82, 2.24) is 15.6 Å². The maximum Gasteiger partial charge on any atom is 0.191 e. The third-order valence-electron chi connectivity index (χ3n) is 5.67. The fourth-order valence-corrected chi connectivity index (χ4v) is 4.12. The molecule has 2 N–H and O–H groups in total. The number of ether oxygens (including phenoxy) is 3. The Balaban J connectivity index is 1.40. The number of benzene rings is 1. The zero-order valence-corrected chi connectivity index (χ0v) is 19.2. The summed E-state index contributed by atoms with van der Waals surface area (Å²) in [6.07, 6.45) is 2.97. The summed E-state index contributed by atoms with van der Waals surface area (Å²) in [5.41, 5.74) is 3.39. The lowest BCUT2D eigenvalue weighted by Gasteiger charge is -2.29. The minimum Gasteiger partial charge on any atom is -0.494 e. The quantitative estimate of drug-likeness (QED) is 0.507. The number of aliphatic imine (C=N–C) groups is 1. The van der Waals surface area contributed by atoms with E-state index in [1.54, 1.807) is 7.05 Å². The van der Waals surface area contributed by atoms with Gasteiger partial charge in [0.25, 0.3) is 0 Å². The van der Waals surface area contributed by atoms with Crippen LogP contribution in [-0.4, -0.2) is 57.0 Å². The first-order chi connectivity index (χ1) is 15.7. The van der Waals surface area contributed by atoms with E-state index in [-0.39, 0.29) is 6.10 Å². The number of morpholine rings is 1. The van der Waals surface area contributed by atoms with Gasteiger partial charge in [0.2, 0.25) is 0 Å². The molecular weight excluding hydrogens is 406 g/mol. The number of nitrogens with zero attached hydrogens (tertiary/aromatic N) is 3. The van der Waals surface area contributed by atoms with E-state index >= 15 is 0 Å². The van der Waals surface area contributed by atoms with Crippen LogP contribution in [0.5, 0.6) is 11.5 Å². The van der Waals surface area contributed by atoms with Gasteiger partial charge in [-0.15, -0.1) is 0 Å². The van der Waals surface area contributed by atoms with Gasteiger partial charge in [-0.2, -0.15) is 0 Å². The summed E-state index contributed by atoms with van der Waals surface area (Å²) in [4.78, 5) is 11.3. The summed E-state index contributed by atoms with van der Waals surface area (Å²) in [7, 11) is 1.78. The molecule has 32 heavy (non-hydrogen) atoms. The second-order valence-electron chi connectivity index (χ2n) is 8.00. The lowest BCUT2D eigenvalue weighted by molar-refractivity contribution is 0.122. The van der Waals surface area contributed by atoms with Crippen molar-refractivity contribution in [3.63, 3.8) is 0 Å². The maximum atomic E-state index is 5.94. The predicted octanol–water partition coefficient (Wildman–Crippen LogP) is 2.51. The van der Waals surface area contributed by atoms with Crippen LogP contribution < -0.4 is 25.0 Å². The van der Waals surface area contributed by atoms with Crippen molar-refractivity contribution in [3.05, 3.63) is 47.2 Å². The second kappa shape index (κ2) is 10.5. The average Bonchev–Trinajstić information content (AvgIpc) is 3.19. The number of pyridine rings is 1. The summed E-state index contributed by atoms with van der Waals surface area (Å²) >= 11 is 0. The molecule has 1 atom stereocenters. The van der Waals surface area contributed by atoms with E-state index < -0.39 is 0 Å². The van der Waals surface area contributed by atoms with E-state index in [0.717, 1.165) is 67.1 Å². The molecule has 1 aromatic heterocycles. The molecule has 4 rings (SSSR count). The number of nitrogens with one attached hydrogen (secondary N) is 2. The Labute approximate surface area is 190 Å². The zero-order chi connectivity index (χ0) is 22.3. The molecule has 0 amide bonds. The summed E-state index contributed by atoms with van der Waals surface area (Å²) in [5, 5.41) is 6.82. The highest BCUT2D eigenvalue weighted by atomic mass is 16.5. The molecule has 1 saturated heterocycles. The number of rotatable bonds is 7. The molecule has 3 heterocycles. The van der Waals surface area contributed by atoms with Gasteiger partial charge in [-0.25, -0.2) is 4.98 Å². The minimum atomic E-state index is 0.206. The number of fused-ring (bicyclic) bond motifs is 1. The molecule has 2 aliphatic heterocycles. The van der Waals surface area contributed by atoms with Gasteiger partial charge in [0, 0.05) is 62.5 Å². The van der Waals surface area contributed by atoms with Gasteiger partial charge < -0.3 is 29.7 Å². The van der Waals surface area contributed by atoms with Crippen LogP contribution in [0.4, 0.5) is 5.82 Å². The zero-order valence-electron chi connectivity index (χ0n) is 19.2. The van der Waals surface area contributed by atoms with Gasteiger partial charge >= 0.3 is 0 Å². The van der Waals surface area contributed by atoms with Crippen molar-refractivity contribution >= 4 is 11.8 Å². The highest BCUT2D eigenvalue weighted by Crippen LogP contribution is 2.35. The number of anilines is 1. The molecule has 2 aliphatic rings. The third-order valence-corrected chi connectivity index (χ3v) is 5.67. The second-order valence-corrected chi connectivity index (χ2v) is 8.00. The van der Waals surface area contributed by atoms with Crippen LogP contribution in [0, 0.1) is 0 Å². The van der Waals surface area contributed by atoms with E-state index in [2.05, 4.69) is 50.6 Å². The van der Waals surface area contributed by atoms with Crippen LogP contribution in [0.1, 0.15) is 30.5 Å². The van der Waals surface area contributed by atoms with Crippen molar-refractivity contribution in [2.75, 3.05) is 44.9 Å². The average molecular weight is 440 g/mol. The fraction of sp³-hybridized carbons (Fsp3) is 0.500. The molecule has 1 aromatic carbocycles. The van der Waals surface area contributed by atoms with Crippen LogP contribution >= 0.6 is 0 Å². The fourth-order valence-electron chi connectivity index (χ4n) is 4.12. The number of aromatic nitrogens is 1. The first-order valence-corrected chi connectivity index (χ1v) is 11.3. The monoisotopic (exact) mass is 439 g/mol. The van der Waals surface area contributed by atoms with Crippen molar-refractivity contribution in [1.29, 1.82) is 0 Å². The summed E-state index contributed by atoms with van der Waals surface area (Å²) in [5.74, 6) is 3.57. The van der Waals surface area contributed by atoms with Crippen molar-refractivity contribution in [3.8, 4) is 11.5 Å². The normalized spacial score (nSPS) is 18.2. The highest BCUT2D eigenvalue weighted by Gasteiger charge is 2.22. The predicted molar refractivity (Wildman–Crippen MR) is 126 cm³/mol. The standard InChI is InChI=1S/C24H33N5O3/c1-4-31-21-13-19-12-17(2)32-22(19)14-20(21)16-28-24(25-3)27-15-18-6-5-7-26-23(18)29-8-10-30-11-9-29/h5-7,13-14,17H,4,8-12,15-16H2,1-3H3,(H2,25,27,28). The Morgan fingerprint density at radius 1 is 1.22 bits per heavy atom. The van der Waals surface area contributed by atoms with Crippen LogP contribution in [0.25, 0.3) is 0 Å². The number of hydrogen-bond acceptors (Lipinski definition) is 6. The largest absolute Gasteiger partial charge is 0.494 e. The smallest absolute Gasteiger partial charge is 0.191 e. The summed E-state index contributed by atoms with van der Waals surface area (Å²) in [6, 6.07) is 8.27. The molecule has 0 radical (unpaired) electrons. The van der Waals surface area contributed by atoms with Crippen molar-refractivity contribution in [2.24, 2.45) is 4.99 Å². The van der Waals surface area contributed by atoms with E-state index in [1.165, 1.54) is 5.56 Å². The molecule has 0 saturated carbocycles. The molecule has 1 unspecified atom stereocenters. The third kappa shape index (κ3) is 5.24. The SMILES string of the molecule is CCOc1cc2c(cc1CNC(=NC)NCc1cccnc1N1CCOCC1)OC(C)C2. The summed E-state index contributed by atoms with van der Waals surface area (Å²) in [6.45, 7) is 9.12. The van der Waals surface area contributed by atoms with Gasteiger partial charge in [-0.1, -0.05) is 6.07 Å². The van der Waals surface area contributed by atoms with E-state index in [9.17, 15) is 0 Å². The molecule has 0 spiro atoms. The van der Waals surface area contributed by atoms with E-state index in [1.807, 2.05) is 19.2 Å². The number of guanidine groups is 1. The van der Waals surface area contributed by atoms with Crippen LogP contribution in [0.15, 0.2) is 35.5 Å². The highest BCUT2D eigenvalue weighted by molar-refractivity contribution is 5.79. The minimum absolute atomic E-state index is 0.206. The Morgan fingerprint density at radius 3 is 2.75 bits per heavy atom. The van der Waals surface area contributed by atoms with Crippen molar-refractivity contribution < 1.29 is 14.2 Å². The lowest BCUT2D eigenvalue weighted by Crippen LogP contribution is -2.39. The Bertz CT molecular complexity index is 943. The first kappa shape index (κ1) is 22.2. The molecule has 0 aliphatic carbocycles. The Hall–Kier alpha value is -3.00. The topological polar surface area (TPSA) is 80.2 Å². The Morgan fingerprint density at radius 2 is 2.00 bits per heavy atom. The Kier molecular flexibility index (Phi) is 7.32. The molecular formula is C24H33N5O3. The van der Waals surface area contributed by atoms with Gasteiger partial charge in [-0.3, -0.25) is 4.99 Å². The molecule has 8 heteroatoms. The van der Waals surface area contributed by atoms with Gasteiger partial charge in [0.15, 0.2) is 5.96 Å². The summed E-state index contributed by atoms with van der Waals surface area (Å²) < 4.78 is 17.3. The van der Waals surface area contributed by atoms with Crippen LogP contribution in [-0.2, 0) is 24.2 Å². The molecule has 8 nitrogen and oxygen atoms in total.